The Labute approximate surface area is 43.6 Å². The second-order valence-electron chi connectivity index (χ2n) is 0.102. The van der Waals surface area contributed by atoms with Crippen LogP contribution >= 0.6 is 12.2 Å². The van der Waals surface area contributed by atoms with Gasteiger partial charge in [-0.1, -0.05) is 0 Å². The van der Waals surface area contributed by atoms with Gasteiger partial charge in [0.15, 0.2) is 0 Å². The molecule has 0 fully saturated rings. The minimum Gasteiger partial charge on any atom is -0.248 e. The molecule has 0 aliphatic heterocycles. The SMILES string of the molecule is N=C=S.[Pd]. The van der Waals surface area contributed by atoms with Crippen LogP contribution in [-0.4, -0.2) is 5.16 Å². The molecule has 3 heteroatoms. The van der Waals surface area contributed by atoms with E-state index in [4.69, 9.17) is 5.41 Å². The first-order chi connectivity index (χ1) is 1.41. The Bertz CT molecular complexity index is 29.0. The molecule has 26 valence electrons. The van der Waals surface area contributed by atoms with E-state index in [1.807, 2.05) is 0 Å². The van der Waals surface area contributed by atoms with Crippen LogP contribution in [0.25, 0.3) is 0 Å². The third kappa shape index (κ3) is 24.6. The molecule has 4 heavy (non-hydrogen) atoms. The van der Waals surface area contributed by atoms with Crippen molar-refractivity contribution >= 4 is 17.4 Å². The molecule has 0 aromatic rings. The number of hydrogen-bond donors (Lipinski definition) is 1. The summed E-state index contributed by atoms with van der Waals surface area (Å²) >= 11 is 3.81. The van der Waals surface area contributed by atoms with E-state index in [1.54, 1.807) is 5.16 Å². The molecule has 0 aromatic carbocycles. The summed E-state index contributed by atoms with van der Waals surface area (Å²) < 4.78 is 0. The Morgan fingerprint density at radius 2 is 1.75 bits per heavy atom. The molecule has 0 saturated heterocycles. The smallest absolute Gasteiger partial charge is 0.0554 e. The Morgan fingerprint density at radius 3 is 1.75 bits per heavy atom. The number of thiocarbonyl (C=S) groups is 1. The number of nitrogens with one attached hydrogen (secondary N) is 1. The summed E-state index contributed by atoms with van der Waals surface area (Å²) in [7, 11) is 0. The van der Waals surface area contributed by atoms with Crippen molar-refractivity contribution in [1.29, 1.82) is 5.41 Å². The van der Waals surface area contributed by atoms with Crippen LogP contribution in [0.5, 0.6) is 0 Å². The van der Waals surface area contributed by atoms with Gasteiger partial charge in [0.2, 0.25) is 0 Å². The average molecular weight is 166 g/mol. The minimum atomic E-state index is 0. The van der Waals surface area contributed by atoms with Crippen LogP contribution in [0.3, 0.4) is 0 Å². The molecule has 0 amide bonds. The Balaban J connectivity index is 0. The van der Waals surface area contributed by atoms with E-state index in [1.165, 1.54) is 0 Å². The predicted octanol–water partition coefficient (Wildman–Crippen LogP) is 0.665. The second-order valence-corrected chi connectivity index (χ2v) is 0.306. The molecule has 0 atom stereocenters. The molecule has 0 aliphatic rings. The molecule has 0 unspecified atom stereocenters. The van der Waals surface area contributed by atoms with Gasteiger partial charge in [0.25, 0.3) is 0 Å². The van der Waals surface area contributed by atoms with Gasteiger partial charge in [-0.05, 0) is 12.2 Å². The zero-order chi connectivity index (χ0) is 2.71. The van der Waals surface area contributed by atoms with E-state index in [-0.39, 0.29) is 20.4 Å². The summed E-state index contributed by atoms with van der Waals surface area (Å²) in [6, 6.07) is 0. The predicted molar refractivity (Wildman–Crippen MR) is 15.3 cm³/mol. The molecule has 0 rings (SSSR count). The van der Waals surface area contributed by atoms with Crippen LogP contribution in [-0.2, 0) is 20.4 Å². The van der Waals surface area contributed by atoms with Gasteiger partial charge in [-0.25, -0.2) is 5.41 Å². The van der Waals surface area contributed by atoms with Crippen molar-refractivity contribution in [3.05, 3.63) is 0 Å². The fourth-order valence-corrected chi connectivity index (χ4v) is 0. The molecular formula is CHNPdS. The largest absolute Gasteiger partial charge is 0.248 e. The van der Waals surface area contributed by atoms with Gasteiger partial charge in [-0.15, -0.1) is 0 Å². The van der Waals surface area contributed by atoms with E-state index < -0.39 is 0 Å². The third-order valence-electron chi connectivity index (χ3n) is 0. The number of hydrogen-bond acceptors (Lipinski definition) is 2. The normalized spacial score (nSPS) is 2.00. The van der Waals surface area contributed by atoms with Crippen molar-refractivity contribution in [1.82, 2.24) is 0 Å². The molecule has 0 aliphatic carbocycles. The standard InChI is InChI=1S/CHNS.Pd/c2-1-3;/h2H;. The summed E-state index contributed by atoms with van der Waals surface area (Å²) in [6.07, 6.45) is 0. The van der Waals surface area contributed by atoms with Crippen LogP contribution in [0.2, 0.25) is 0 Å². The maximum Gasteiger partial charge on any atom is 0.0554 e. The van der Waals surface area contributed by atoms with Gasteiger partial charge in [-0.3, -0.25) is 0 Å². The Kier molecular flexibility index (Phi) is 21.7. The summed E-state index contributed by atoms with van der Waals surface area (Å²) in [6.45, 7) is 0. The van der Waals surface area contributed by atoms with E-state index in [2.05, 4.69) is 12.2 Å². The van der Waals surface area contributed by atoms with E-state index >= 15 is 0 Å². The molecule has 1 N–H and O–H groups in total. The second kappa shape index (κ2) is 9.82. The summed E-state index contributed by atoms with van der Waals surface area (Å²) in [5, 5.41) is 7.36. The van der Waals surface area contributed by atoms with Crippen molar-refractivity contribution in [2.24, 2.45) is 0 Å². The van der Waals surface area contributed by atoms with Crippen LogP contribution in [0.1, 0.15) is 0 Å². The minimum absolute atomic E-state index is 0. The van der Waals surface area contributed by atoms with Gasteiger partial charge in [0, 0.05) is 20.4 Å². The Hall–Kier alpha value is 0.462. The van der Waals surface area contributed by atoms with Crippen molar-refractivity contribution in [3.63, 3.8) is 0 Å². The van der Waals surface area contributed by atoms with Gasteiger partial charge < -0.3 is 0 Å². The maximum atomic E-state index is 5.77. The van der Waals surface area contributed by atoms with E-state index in [9.17, 15) is 0 Å². The zero-order valence-electron chi connectivity index (χ0n) is 1.72. The van der Waals surface area contributed by atoms with Crippen molar-refractivity contribution in [3.8, 4) is 0 Å². The van der Waals surface area contributed by atoms with Gasteiger partial charge in [0.1, 0.15) is 0 Å². The fourth-order valence-electron chi connectivity index (χ4n) is 0. The topological polar surface area (TPSA) is 23.9 Å². The third-order valence-corrected chi connectivity index (χ3v) is 0. The summed E-state index contributed by atoms with van der Waals surface area (Å²) in [4.78, 5) is 0. The van der Waals surface area contributed by atoms with Crippen LogP contribution in [0, 0.1) is 5.41 Å². The fraction of sp³-hybridized carbons (Fsp3) is 0. The molecule has 0 radical (unpaired) electrons. The van der Waals surface area contributed by atoms with Crippen LogP contribution in [0.15, 0.2) is 0 Å². The molecule has 0 heterocycles. The van der Waals surface area contributed by atoms with Crippen LogP contribution in [0.4, 0.5) is 0 Å². The van der Waals surface area contributed by atoms with E-state index in [0.717, 1.165) is 0 Å². The Morgan fingerprint density at radius 1 is 1.75 bits per heavy atom. The first kappa shape index (κ1) is 8.82. The summed E-state index contributed by atoms with van der Waals surface area (Å²) in [5.74, 6) is 0. The van der Waals surface area contributed by atoms with Crippen LogP contribution < -0.4 is 0 Å². The molecule has 0 saturated carbocycles. The molecule has 1 nitrogen and oxygen atoms in total. The first-order valence-electron chi connectivity index (χ1n) is 0.454. The monoisotopic (exact) mass is 165 g/mol. The number of rotatable bonds is 0. The quantitative estimate of drug-likeness (QED) is 0.318. The average Bonchev–Trinajstić information content (AvgIpc) is 0.918. The molecule has 0 spiro atoms. The summed E-state index contributed by atoms with van der Waals surface area (Å²) in [5.41, 5.74) is 0. The molecular weight excluding hydrogens is 165 g/mol. The first-order valence-corrected chi connectivity index (χ1v) is 0.862. The van der Waals surface area contributed by atoms with Crippen molar-refractivity contribution in [2.75, 3.05) is 0 Å². The number of isothiocyanates is 1. The zero-order valence-corrected chi connectivity index (χ0v) is 4.10. The molecule has 0 bridgehead atoms. The van der Waals surface area contributed by atoms with Crippen molar-refractivity contribution < 1.29 is 20.4 Å². The van der Waals surface area contributed by atoms with Gasteiger partial charge >= 0.3 is 0 Å². The molecule has 0 aromatic heterocycles. The van der Waals surface area contributed by atoms with Gasteiger partial charge in [0.05, 0.1) is 5.16 Å². The van der Waals surface area contributed by atoms with Crippen molar-refractivity contribution in [2.45, 2.75) is 0 Å². The maximum absolute atomic E-state index is 5.77. The van der Waals surface area contributed by atoms with Gasteiger partial charge in [-0.2, -0.15) is 0 Å². The van der Waals surface area contributed by atoms with E-state index in [0.29, 0.717) is 0 Å².